The molecule has 0 unspecified atom stereocenters. The van der Waals surface area contributed by atoms with E-state index < -0.39 is 29.5 Å². The van der Waals surface area contributed by atoms with Crippen LogP contribution < -0.4 is 0 Å². The Kier molecular flexibility index (Phi) is 7.15. The molecule has 0 aliphatic heterocycles. The summed E-state index contributed by atoms with van der Waals surface area (Å²) in [7, 11) is 0. The highest BCUT2D eigenvalue weighted by Gasteiger charge is 2.47. The summed E-state index contributed by atoms with van der Waals surface area (Å²) in [6, 6.07) is 1.59. The Bertz CT molecular complexity index is 649. The van der Waals surface area contributed by atoms with Crippen molar-refractivity contribution in [3.8, 4) is 0 Å². The number of rotatable bonds is 6. The van der Waals surface area contributed by atoms with Crippen molar-refractivity contribution in [3.05, 3.63) is 34.9 Å². The molecule has 3 rings (SSSR count). The number of halogens is 7. The lowest BCUT2D eigenvalue weighted by molar-refractivity contribution is -0.139. The third kappa shape index (κ3) is 4.91. The average molecular weight is 424 g/mol. The molecule has 7 heteroatoms. The number of alkyl halides is 5. The molecule has 2 aliphatic carbocycles. The lowest BCUT2D eigenvalue weighted by atomic mass is 9.68. The van der Waals surface area contributed by atoms with Crippen molar-refractivity contribution in [1.29, 1.82) is 0 Å². The Balaban J connectivity index is 1.61. The van der Waals surface area contributed by atoms with Crippen molar-refractivity contribution in [2.75, 3.05) is 6.67 Å². The molecule has 0 spiro atoms. The van der Waals surface area contributed by atoms with Crippen molar-refractivity contribution in [2.45, 2.75) is 76.1 Å². The van der Waals surface area contributed by atoms with E-state index in [1.807, 2.05) is 0 Å². The van der Waals surface area contributed by atoms with Crippen LogP contribution in [0.2, 0.25) is 0 Å². The Morgan fingerprint density at radius 2 is 1.31 bits per heavy atom. The molecular formula is C22H27F7. The van der Waals surface area contributed by atoms with Crippen molar-refractivity contribution >= 4 is 0 Å². The molecule has 0 heterocycles. The van der Waals surface area contributed by atoms with Crippen LogP contribution in [0.25, 0.3) is 0 Å². The van der Waals surface area contributed by atoms with Gasteiger partial charge < -0.3 is 0 Å². The Labute approximate surface area is 166 Å². The maximum absolute atomic E-state index is 14.1. The van der Waals surface area contributed by atoms with E-state index in [0.29, 0.717) is 37.0 Å². The predicted molar refractivity (Wildman–Crippen MR) is 97.0 cm³/mol. The first-order chi connectivity index (χ1) is 13.7. The largest absolute Gasteiger partial charge is 0.338 e. The standard InChI is InChI=1S/C22H27F7/c23-10-9-13-1-3-14(4-2-13)15-5-7-16(8-6-15)17-11-18(24)20(19(25)12-17)22(28,29)21(26)27/h11-16,21H,1-10H2. The molecule has 1 aromatic rings. The predicted octanol–water partition coefficient (Wildman–Crippen LogP) is 7.76. The zero-order chi connectivity index (χ0) is 21.2. The smallest absolute Gasteiger partial charge is 0.251 e. The molecule has 0 amide bonds. The fourth-order valence-electron chi connectivity index (χ4n) is 5.28. The summed E-state index contributed by atoms with van der Waals surface area (Å²) in [6.07, 6.45) is 3.89. The quantitative estimate of drug-likeness (QED) is 0.409. The van der Waals surface area contributed by atoms with Gasteiger partial charge in [0.25, 0.3) is 0 Å². The summed E-state index contributed by atoms with van der Waals surface area (Å²) in [5.74, 6) is -6.65. The van der Waals surface area contributed by atoms with Crippen LogP contribution in [0.1, 0.15) is 74.8 Å². The molecule has 0 atom stereocenters. The minimum absolute atomic E-state index is 0.160. The summed E-state index contributed by atoms with van der Waals surface area (Å²) >= 11 is 0. The molecule has 0 N–H and O–H groups in total. The minimum atomic E-state index is -4.86. The molecule has 164 valence electrons. The summed E-state index contributed by atoms with van der Waals surface area (Å²) < 4.78 is 92.6. The van der Waals surface area contributed by atoms with E-state index in [1.54, 1.807) is 0 Å². The van der Waals surface area contributed by atoms with Crippen LogP contribution in [0.15, 0.2) is 12.1 Å². The van der Waals surface area contributed by atoms with Gasteiger partial charge in [0.15, 0.2) is 0 Å². The van der Waals surface area contributed by atoms with Gasteiger partial charge in [-0.25, -0.2) is 17.6 Å². The van der Waals surface area contributed by atoms with E-state index in [-0.39, 0.29) is 18.2 Å². The van der Waals surface area contributed by atoms with Gasteiger partial charge in [0.2, 0.25) is 0 Å². The Morgan fingerprint density at radius 3 is 1.76 bits per heavy atom. The van der Waals surface area contributed by atoms with E-state index in [1.165, 1.54) is 0 Å². The average Bonchev–Trinajstić information content (AvgIpc) is 2.68. The highest BCUT2D eigenvalue weighted by molar-refractivity contribution is 5.32. The maximum Gasteiger partial charge on any atom is 0.338 e. The van der Waals surface area contributed by atoms with Gasteiger partial charge in [-0.2, -0.15) is 8.78 Å². The van der Waals surface area contributed by atoms with Crippen molar-refractivity contribution in [2.24, 2.45) is 17.8 Å². The van der Waals surface area contributed by atoms with Crippen molar-refractivity contribution < 1.29 is 30.7 Å². The fourth-order valence-corrected chi connectivity index (χ4v) is 5.28. The molecule has 2 fully saturated rings. The normalized spacial score (nSPS) is 28.7. The Morgan fingerprint density at radius 1 is 0.828 bits per heavy atom. The van der Waals surface area contributed by atoms with Crippen LogP contribution >= 0.6 is 0 Å². The van der Waals surface area contributed by atoms with Gasteiger partial charge in [-0.05, 0) is 86.3 Å². The molecule has 0 bridgehead atoms. The molecule has 0 radical (unpaired) electrons. The first kappa shape index (κ1) is 22.4. The van der Waals surface area contributed by atoms with Crippen molar-refractivity contribution in [1.82, 2.24) is 0 Å². The molecule has 2 saturated carbocycles. The molecule has 29 heavy (non-hydrogen) atoms. The van der Waals surface area contributed by atoms with Crippen LogP contribution in [0.4, 0.5) is 30.7 Å². The van der Waals surface area contributed by atoms with Gasteiger partial charge in [0, 0.05) is 0 Å². The third-order valence-electron chi connectivity index (χ3n) is 6.99. The topological polar surface area (TPSA) is 0 Å². The second-order valence-electron chi connectivity index (χ2n) is 8.65. The molecule has 0 saturated heterocycles. The van der Waals surface area contributed by atoms with E-state index in [4.69, 9.17) is 0 Å². The van der Waals surface area contributed by atoms with Crippen LogP contribution in [0.3, 0.4) is 0 Å². The first-order valence-electron chi connectivity index (χ1n) is 10.4. The zero-order valence-electron chi connectivity index (χ0n) is 16.3. The van der Waals surface area contributed by atoms with E-state index in [2.05, 4.69) is 0 Å². The molecule has 0 nitrogen and oxygen atoms in total. The van der Waals surface area contributed by atoms with Crippen LogP contribution in [-0.2, 0) is 5.92 Å². The number of hydrogen-bond donors (Lipinski definition) is 0. The summed E-state index contributed by atoms with van der Waals surface area (Å²) in [5.41, 5.74) is -1.59. The molecule has 0 aromatic heterocycles. The second-order valence-corrected chi connectivity index (χ2v) is 8.65. The molecule has 1 aromatic carbocycles. The summed E-state index contributed by atoms with van der Waals surface area (Å²) in [4.78, 5) is 0. The molecular weight excluding hydrogens is 397 g/mol. The minimum Gasteiger partial charge on any atom is -0.251 e. The second kappa shape index (κ2) is 9.25. The van der Waals surface area contributed by atoms with Gasteiger partial charge in [-0.1, -0.05) is 12.8 Å². The maximum atomic E-state index is 14.1. The van der Waals surface area contributed by atoms with Crippen LogP contribution in [0, 0.1) is 29.4 Å². The van der Waals surface area contributed by atoms with Gasteiger partial charge >= 0.3 is 12.3 Å². The van der Waals surface area contributed by atoms with Crippen molar-refractivity contribution in [3.63, 3.8) is 0 Å². The van der Waals surface area contributed by atoms with Gasteiger partial charge in [0.1, 0.15) is 11.6 Å². The van der Waals surface area contributed by atoms with E-state index >= 15 is 0 Å². The van der Waals surface area contributed by atoms with Gasteiger partial charge in [0.05, 0.1) is 12.2 Å². The monoisotopic (exact) mass is 424 g/mol. The lowest BCUT2D eigenvalue weighted by Gasteiger charge is -2.38. The highest BCUT2D eigenvalue weighted by Crippen LogP contribution is 2.45. The lowest BCUT2D eigenvalue weighted by Crippen LogP contribution is -2.27. The van der Waals surface area contributed by atoms with E-state index in [0.717, 1.165) is 50.7 Å². The van der Waals surface area contributed by atoms with Gasteiger partial charge in [-0.15, -0.1) is 0 Å². The highest BCUT2D eigenvalue weighted by atomic mass is 19.3. The number of hydrogen-bond acceptors (Lipinski definition) is 0. The Hall–Kier alpha value is -1.27. The number of benzene rings is 1. The van der Waals surface area contributed by atoms with Gasteiger partial charge in [-0.3, -0.25) is 4.39 Å². The summed E-state index contributed by atoms with van der Waals surface area (Å²) in [6.45, 7) is -0.268. The van der Waals surface area contributed by atoms with E-state index in [9.17, 15) is 30.7 Å². The summed E-state index contributed by atoms with van der Waals surface area (Å²) in [5, 5.41) is 0. The third-order valence-corrected chi connectivity index (χ3v) is 6.99. The fraction of sp³-hybridized carbons (Fsp3) is 0.727. The van der Waals surface area contributed by atoms with Crippen LogP contribution in [0.5, 0.6) is 0 Å². The SMILES string of the molecule is FCCC1CCC(C2CCC(c3cc(F)c(C(F)(F)C(F)F)c(F)c3)CC2)CC1. The zero-order valence-corrected chi connectivity index (χ0v) is 16.3. The first-order valence-corrected chi connectivity index (χ1v) is 10.4. The van der Waals surface area contributed by atoms with Crippen LogP contribution in [-0.4, -0.2) is 13.1 Å². The molecule has 2 aliphatic rings.